The lowest BCUT2D eigenvalue weighted by Gasteiger charge is -2.31. The van der Waals surface area contributed by atoms with Gasteiger partial charge in [-0.3, -0.25) is 4.79 Å². The summed E-state index contributed by atoms with van der Waals surface area (Å²) in [4.78, 5) is 12.8. The van der Waals surface area contributed by atoms with Crippen molar-refractivity contribution in [1.29, 1.82) is 0 Å². The summed E-state index contributed by atoms with van der Waals surface area (Å²) in [7, 11) is 4.05. The average molecular weight is 201 g/mol. The Labute approximate surface area is 87.1 Å². The van der Waals surface area contributed by atoms with Crippen LogP contribution in [0.5, 0.6) is 0 Å². The molecule has 0 amide bonds. The molecule has 0 heterocycles. The maximum atomic E-state index is 10.7. The topological polar surface area (TPSA) is 40.5 Å². The number of hydrogen-bond acceptors (Lipinski definition) is 2. The van der Waals surface area contributed by atoms with E-state index < -0.39 is 5.97 Å². The van der Waals surface area contributed by atoms with Gasteiger partial charge in [-0.15, -0.1) is 0 Å². The SMILES string of the molecule is CC.CN(C)C1CCCC(C(=O)O)C1. The van der Waals surface area contributed by atoms with Crippen LogP contribution >= 0.6 is 0 Å². The predicted molar refractivity (Wildman–Crippen MR) is 58.4 cm³/mol. The first-order chi connectivity index (χ1) is 6.61. The van der Waals surface area contributed by atoms with Crippen molar-refractivity contribution in [2.75, 3.05) is 14.1 Å². The third kappa shape index (κ3) is 4.09. The van der Waals surface area contributed by atoms with Gasteiger partial charge in [0.15, 0.2) is 0 Å². The van der Waals surface area contributed by atoms with Crippen LogP contribution in [0.3, 0.4) is 0 Å². The van der Waals surface area contributed by atoms with E-state index in [1.165, 1.54) is 0 Å². The Morgan fingerprint density at radius 1 is 1.29 bits per heavy atom. The van der Waals surface area contributed by atoms with Gasteiger partial charge in [0.2, 0.25) is 0 Å². The van der Waals surface area contributed by atoms with Crippen LogP contribution in [0, 0.1) is 5.92 Å². The molecule has 2 unspecified atom stereocenters. The first kappa shape index (κ1) is 13.4. The minimum Gasteiger partial charge on any atom is -0.481 e. The van der Waals surface area contributed by atoms with Crippen LogP contribution in [0.4, 0.5) is 0 Å². The van der Waals surface area contributed by atoms with Crippen LogP contribution in [0.25, 0.3) is 0 Å². The van der Waals surface area contributed by atoms with Gasteiger partial charge in [-0.1, -0.05) is 20.3 Å². The van der Waals surface area contributed by atoms with Crippen molar-refractivity contribution < 1.29 is 9.90 Å². The molecule has 0 aromatic carbocycles. The highest BCUT2D eigenvalue weighted by Crippen LogP contribution is 2.26. The molecule has 14 heavy (non-hydrogen) atoms. The lowest BCUT2D eigenvalue weighted by Crippen LogP contribution is -2.35. The Morgan fingerprint density at radius 2 is 1.86 bits per heavy atom. The summed E-state index contributed by atoms with van der Waals surface area (Å²) in [6.07, 6.45) is 3.89. The van der Waals surface area contributed by atoms with Gasteiger partial charge in [0.1, 0.15) is 0 Å². The van der Waals surface area contributed by atoms with E-state index in [0.29, 0.717) is 6.04 Å². The molecule has 0 aliphatic heterocycles. The van der Waals surface area contributed by atoms with Crippen LogP contribution in [0.1, 0.15) is 39.5 Å². The molecule has 0 bridgehead atoms. The third-order valence-corrected chi connectivity index (χ3v) is 2.73. The summed E-state index contributed by atoms with van der Waals surface area (Å²) in [5.41, 5.74) is 0. The van der Waals surface area contributed by atoms with Gasteiger partial charge >= 0.3 is 5.97 Å². The fourth-order valence-electron chi connectivity index (χ4n) is 1.86. The minimum atomic E-state index is -0.624. The van der Waals surface area contributed by atoms with Gasteiger partial charge < -0.3 is 10.0 Å². The lowest BCUT2D eigenvalue weighted by atomic mass is 9.85. The van der Waals surface area contributed by atoms with Gasteiger partial charge in [-0.25, -0.2) is 0 Å². The van der Waals surface area contributed by atoms with E-state index in [1.807, 2.05) is 27.9 Å². The molecule has 0 aromatic heterocycles. The van der Waals surface area contributed by atoms with Crippen LogP contribution in [-0.2, 0) is 4.79 Å². The minimum absolute atomic E-state index is 0.105. The highest BCUT2D eigenvalue weighted by Gasteiger charge is 2.27. The molecular weight excluding hydrogens is 178 g/mol. The molecule has 3 nitrogen and oxygen atoms in total. The molecule has 1 N–H and O–H groups in total. The van der Waals surface area contributed by atoms with Crippen LogP contribution in [-0.4, -0.2) is 36.1 Å². The summed E-state index contributed by atoms with van der Waals surface area (Å²) >= 11 is 0. The molecule has 0 aromatic rings. The van der Waals surface area contributed by atoms with E-state index in [0.717, 1.165) is 25.7 Å². The number of carbonyl (C=O) groups is 1. The number of carboxylic acids is 1. The molecule has 1 fully saturated rings. The second-order valence-corrected chi connectivity index (χ2v) is 3.82. The largest absolute Gasteiger partial charge is 0.481 e. The molecular formula is C11H23NO2. The summed E-state index contributed by atoms with van der Waals surface area (Å²) in [5.74, 6) is -0.729. The average Bonchev–Trinajstić information content (AvgIpc) is 2.21. The highest BCUT2D eigenvalue weighted by atomic mass is 16.4. The van der Waals surface area contributed by atoms with E-state index in [-0.39, 0.29) is 5.92 Å². The highest BCUT2D eigenvalue weighted by molar-refractivity contribution is 5.70. The fraction of sp³-hybridized carbons (Fsp3) is 0.909. The molecule has 1 saturated carbocycles. The number of nitrogens with zero attached hydrogens (tertiary/aromatic N) is 1. The third-order valence-electron chi connectivity index (χ3n) is 2.73. The molecule has 0 saturated heterocycles. The van der Waals surface area contributed by atoms with Crippen LogP contribution in [0.15, 0.2) is 0 Å². The maximum absolute atomic E-state index is 10.7. The van der Waals surface area contributed by atoms with E-state index in [1.54, 1.807) is 0 Å². The van der Waals surface area contributed by atoms with Crippen molar-refractivity contribution in [3.63, 3.8) is 0 Å². The maximum Gasteiger partial charge on any atom is 0.306 e. The number of aliphatic carboxylic acids is 1. The molecule has 0 spiro atoms. The first-order valence-corrected chi connectivity index (χ1v) is 5.50. The van der Waals surface area contributed by atoms with E-state index >= 15 is 0 Å². The van der Waals surface area contributed by atoms with Crippen molar-refractivity contribution in [3.05, 3.63) is 0 Å². The molecule has 1 aliphatic rings. The van der Waals surface area contributed by atoms with Gasteiger partial charge in [-0.2, -0.15) is 0 Å². The molecule has 2 atom stereocenters. The molecule has 0 radical (unpaired) electrons. The number of hydrogen-bond donors (Lipinski definition) is 1. The summed E-state index contributed by atoms with van der Waals surface area (Å²) in [6, 6.07) is 0.472. The van der Waals surface area contributed by atoms with Crippen molar-refractivity contribution in [2.24, 2.45) is 5.92 Å². The Morgan fingerprint density at radius 3 is 2.29 bits per heavy atom. The van der Waals surface area contributed by atoms with Crippen molar-refractivity contribution in [3.8, 4) is 0 Å². The first-order valence-electron chi connectivity index (χ1n) is 5.50. The standard InChI is InChI=1S/C9H17NO2.C2H6/c1-10(2)8-5-3-4-7(6-8)9(11)12;1-2/h7-8H,3-6H2,1-2H3,(H,11,12);1-2H3. The van der Waals surface area contributed by atoms with E-state index in [4.69, 9.17) is 5.11 Å². The Bertz CT molecular complexity index is 169. The molecule has 3 heteroatoms. The number of rotatable bonds is 2. The monoisotopic (exact) mass is 201 g/mol. The zero-order chi connectivity index (χ0) is 11.1. The summed E-state index contributed by atoms with van der Waals surface area (Å²) < 4.78 is 0. The lowest BCUT2D eigenvalue weighted by molar-refractivity contribution is -0.143. The van der Waals surface area contributed by atoms with Crippen molar-refractivity contribution >= 4 is 5.97 Å². The van der Waals surface area contributed by atoms with Crippen LogP contribution in [0.2, 0.25) is 0 Å². The van der Waals surface area contributed by atoms with Gasteiger partial charge in [0.25, 0.3) is 0 Å². The predicted octanol–water partition coefficient (Wildman–Crippen LogP) is 2.22. The Kier molecular flexibility index (Phi) is 6.54. The smallest absolute Gasteiger partial charge is 0.306 e. The number of carboxylic acid groups (broad SMARTS) is 1. The second-order valence-electron chi connectivity index (χ2n) is 3.82. The molecule has 1 rings (SSSR count). The molecule has 1 aliphatic carbocycles. The second kappa shape index (κ2) is 6.82. The Hall–Kier alpha value is -0.570. The zero-order valence-electron chi connectivity index (χ0n) is 9.79. The normalized spacial score (nSPS) is 26.6. The van der Waals surface area contributed by atoms with E-state index in [2.05, 4.69) is 4.90 Å². The van der Waals surface area contributed by atoms with E-state index in [9.17, 15) is 4.79 Å². The fourth-order valence-corrected chi connectivity index (χ4v) is 1.86. The summed E-state index contributed by atoms with van der Waals surface area (Å²) in [5, 5.41) is 8.82. The van der Waals surface area contributed by atoms with Crippen molar-refractivity contribution in [2.45, 2.75) is 45.6 Å². The Balaban J connectivity index is 0.000000791. The van der Waals surface area contributed by atoms with Gasteiger partial charge in [0, 0.05) is 6.04 Å². The molecule has 84 valence electrons. The zero-order valence-corrected chi connectivity index (χ0v) is 9.79. The van der Waals surface area contributed by atoms with Crippen LogP contribution < -0.4 is 0 Å². The van der Waals surface area contributed by atoms with Gasteiger partial charge in [-0.05, 0) is 33.4 Å². The quantitative estimate of drug-likeness (QED) is 0.744. The summed E-state index contributed by atoms with van der Waals surface area (Å²) in [6.45, 7) is 4.00. The van der Waals surface area contributed by atoms with Crippen molar-refractivity contribution in [1.82, 2.24) is 4.90 Å². The van der Waals surface area contributed by atoms with Gasteiger partial charge in [0.05, 0.1) is 5.92 Å².